The van der Waals surface area contributed by atoms with Gasteiger partial charge < -0.3 is 14.1 Å². The van der Waals surface area contributed by atoms with E-state index in [0.29, 0.717) is 5.89 Å². The lowest BCUT2D eigenvalue weighted by Crippen LogP contribution is -2.39. The lowest BCUT2D eigenvalue weighted by atomic mass is 10.1. The van der Waals surface area contributed by atoms with Crippen molar-refractivity contribution < 1.29 is 18.7 Å². The van der Waals surface area contributed by atoms with E-state index in [1.807, 2.05) is 13.8 Å². The molecule has 6 heteroatoms. The van der Waals surface area contributed by atoms with Crippen molar-refractivity contribution in [2.75, 3.05) is 7.11 Å². The first kappa shape index (κ1) is 15.5. The topological polar surface area (TPSA) is 72.6 Å². The van der Waals surface area contributed by atoms with Gasteiger partial charge in [0.15, 0.2) is 5.69 Å². The number of methoxy groups -OCH3 is 1. The predicted octanol–water partition coefficient (Wildman–Crippen LogP) is 2.39. The van der Waals surface area contributed by atoms with Crippen LogP contribution in [0.1, 0.15) is 55.9 Å². The van der Waals surface area contributed by atoms with Crippen LogP contribution in [0.3, 0.4) is 0 Å². The van der Waals surface area contributed by atoms with Crippen LogP contribution >= 0.6 is 0 Å². The van der Waals surface area contributed by atoms with Gasteiger partial charge in [-0.05, 0) is 26.7 Å². The fourth-order valence-electron chi connectivity index (χ4n) is 2.65. The number of aromatic nitrogens is 1. The van der Waals surface area contributed by atoms with E-state index in [9.17, 15) is 9.59 Å². The molecule has 116 valence electrons. The van der Waals surface area contributed by atoms with Crippen molar-refractivity contribution >= 4 is 11.9 Å². The Morgan fingerprint density at radius 3 is 2.67 bits per heavy atom. The van der Waals surface area contributed by atoms with Gasteiger partial charge in [0.1, 0.15) is 6.26 Å². The number of hydrogen-bond acceptors (Lipinski definition) is 5. The van der Waals surface area contributed by atoms with E-state index in [1.54, 1.807) is 4.90 Å². The van der Waals surface area contributed by atoms with E-state index in [0.717, 1.165) is 25.7 Å². The number of nitrogens with zero attached hydrogens (tertiary/aromatic N) is 2. The van der Waals surface area contributed by atoms with Crippen LogP contribution in [0, 0.1) is 5.92 Å². The van der Waals surface area contributed by atoms with E-state index in [-0.39, 0.29) is 30.1 Å². The molecule has 1 saturated carbocycles. The van der Waals surface area contributed by atoms with Gasteiger partial charge in [-0.3, -0.25) is 4.79 Å². The summed E-state index contributed by atoms with van der Waals surface area (Å²) < 4.78 is 9.86. The number of rotatable bonds is 5. The molecule has 1 aromatic heterocycles. The van der Waals surface area contributed by atoms with Crippen LogP contribution in [0.5, 0.6) is 0 Å². The van der Waals surface area contributed by atoms with Crippen molar-refractivity contribution in [2.24, 2.45) is 5.92 Å². The Hall–Kier alpha value is -1.85. The van der Waals surface area contributed by atoms with Crippen LogP contribution in [0.2, 0.25) is 0 Å². The molecular formula is C15H22N2O4. The second kappa shape index (κ2) is 6.74. The Bertz CT molecular complexity index is 504. The number of amides is 1. The highest BCUT2D eigenvalue weighted by Gasteiger charge is 2.29. The summed E-state index contributed by atoms with van der Waals surface area (Å²) in [5.74, 6) is 0.0846. The number of esters is 1. The quantitative estimate of drug-likeness (QED) is 0.780. The number of carbonyl (C=O) groups excluding carboxylic acids is 2. The number of oxazole rings is 1. The first-order valence-corrected chi connectivity index (χ1v) is 7.36. The smallest absolute Gasteiger partial charge is 0.360 e. The van der Waals surface area contributed by atoms with Gasteiger partial charge in [-0.1, -0.05) is 12.8 Å². The predicted molar refractivity (Wildman–Crippen MR) is 75.5 cm³/mol. The molecule has 1 fully saturated rings. The summed E-state index contributed by atoms with van der Waals surface area (Å²) in [6, 6.07) is 0.0616. The average molecular weight is 294 g/mol. The zero-order chi connectivity index (χ0) is 15.4. The highest BCUT2D eigenvalue weighted by Crippen LogP contribution is 2.27. The van der Waals surface area contributed by atoms with Crippen LogP contribution in [-0.2, 0) is 16.1 Å². The molecule has 0 bridgehead atoms. The zero-order valence-corrected chi connectivity index (χ0v) is 12.8. The van der Waals surface area contributed by atoms with Crippen LogP contribution in [-0.4, -0.2) is 34.9 Å². The molecule has 1 heterocycles. The summed E-state index contributed by atoms with van der Waals surface area (Å²) in [6.07, 6.45) is 5.42. The lowest BCUT2D eigenvalue weighted by Gasteiger charge is -2.28. The standard InChI is InChI=1S/C15H22N2O4/c1-10(2)17(14(18)11-6-4-5-7-11)8-13-16-12(9-21-13)15(19)20-3/h9-11H,4-8H2,1-3H3. The first-order chi connectivity index (χ1) is 10.0. The molecule has 21 heavy (non-hydrogen) atoms. The Kier molecular flexibility index (Phi) is 4.98. The SMILES string of the molecule is COC(=O)c1coc(CN(C(=O)C2CCCC2)C(C)C)n1. The molecule has 0 spiro atoms. The number of carbonyl (C=O) groups is 2. The van der Waals surface area contributed by atoms with Gasteiger partial charge in [-0.2, -0.15) is 0 Å². The maximum Gasteiger partial charge on any atom is 0.360 e. The molecular weight excluding hydrogens is 272 g/mol. The summed E-state index contributed by atoms with van der Waals surface area (Å²) >= 11 is 0. The third-order valence-corrected chi connectivity index (χ3v) is 3.86. The first-order valence-electron chi connectivity index (χ1n) is 7.36. The van der Waals surface area contributed by atoms with Gasteiger partial charge in [0.05, 0.1) is 13.7 Å². The Labute approximate surface area is 124 Å². The zero-order valence-electron chi connectivity index (χ0n) is 12.8. The normalized spacial score (nSPS) is 15.4. The van der Waals surface area contributed by atoms with Crippen molar-refractivity contribution in [3.05, 3.63) is 17.8 Å². The second-order valence-electron chi connectivity index (χ2n) is 5.66. The molecule has 0 aliphatic heterocycles. The van der Waals surface area contributed by atoms with E-state index >= 15 is 0 Å². The highest BCUT2D eigenvalue weighted by atomic mass is 16.5. The summed E-state index contributed by atoms with van der Waals surface area (Å²) in [4.78, 5) is 29.8. The van der Waals surface area contributed by atoms with Gasteiger partial charge in [-0.25, -0.2) is 9.78 Å². The summed E-state index contributed by atoms with van der Waals surface area (Å²) in [5.41, 5.74) is 0.129. The summed E-state index contributed by atoms with van der Waals surface area (Å²) in [5, 5.41) is 0. The van der Waals surface area contributed by atoms with E-state index < -0.39 is 5.97 Å². The largest absolute Gasteiger partial charge is 0.464 e. The van der Waals surface area contributed by atoms with Gasteiger partial charge >= 0.3 is 5.97 Å². The van der Waals surface area contributed by atoms with Crippen LogP contribution < -0.4 is 0 Å². The highest BCUT2D eigenvalue weighted by molar-refractivity contribution is 5.86. The van der Waals surface area contributed by atoms with Crippen molar-refractivity contribution in [3.8, 4) is 0 Å². The molecule has 0 radical (unpaired) electrons. The average Bonchev–Trinajstić information content (AvgIpc) is 3.14. The van der Waals surface area contributed by atoms with Crippen molar-refractivity contribution in [1.82, 2.24) is 9.88 Å². The molecule has 0 unspecified atom stereocenters. The summed E-state index contributed by atoms with van der Waals surface area (Å²) in [6.45, 7) is 4.22. The third-order valence-electron chi connectivity index (χ3n) is 3.86. The fraction of sp³-hybridized carbons (Fsp3) is 0.667. The van der Waals surface area contributed by atoms with Crippen molar-refractivity contribution in [2.45, 2.75) is 52.1 Å². The van der Waals surface area contributed by atoms with E-state index in [2.05, 4.69) is 9.72 Å². The summed E-state index contributed by atoms with van der Waals surface area (Å²) in [7, 11) is 1.29. The van der Waals surface area contributed by atoms with Gasteiger partial charge in [-0.15, -0.1) is 0 Å². The van der Waals surface area contributed by atoms with Crippen LogP contribution in [0.25, 0.3) is 0 Å². The molecule has 1 aliphatic carbocycles. The molecule has 0 N–H and O–H groups in total. The fourth-order valence-corrected chi connectivity index (χ4v) is 2.65. The van der Waals surface area contributed by atoms with Gasteiger partial charge in [0.2, 0.25) is 11.8 Å². The Morgan fingerprint density at radius 1 is 1.43 bits per heavy atom. The minimum Gasteiger partial charge on any atom is -0.464 e. The minimum atomic E-state index is -0.539. The van der Waals surface area contributed by atoms with Crippen LogP contribution in [0.15, 0.2) is 10.7 Å². The maximum absolute atomic E-state index is 12.6. The molecule has 0 saturated heterocycles. The Morgan fingerprint density at radius 2 is 2.10 bits per heavy atom. The molecule has 1 amide bonds. The molecule has 1 aromatic rings. The van der Waals surface area contributed by atoms with Crippen molar-refractivity contribution in [3.63, 3.8) is 0 Å². The van der Waals surface area contributed by atoms with Gasteiger partial charge in [0.25, 0.3) is 0 Å². The van der Waals surface area contributed by atoms with Crippen molar-refractivity contribution in [1.29, 1.82) is 0 Å². The molecule has 0 aromatic carbocycles. The Balaban J connectivity index is 2.07. The van der Waals surface area contributed by atoms with Crippen LogP contribution in [0.4, 0.5) is 0 Å². The second-order valence-corrected chi connectivity index (χ2v) is 5.66. The number of hydrogen-bond donors (Lipinski definition) is 0. The monoisotopic (exact) mass is 294 g/mol. The molecule has 0 atom stereocenters. The number of ether oxygens (including phenoxy) is 1. The minimum absolute atomic E-state index is 0.0616. The molecule has 6 nitrogen and oxygen atoms in total. The molecule has 1 aliphatic rings. The van der Waals surface area contributed by atoms with E-state index in [4.69, 9.17) is 4.42 Å². The lowest BCUT2D eigenvalue weighted by molar-refractivity contribution is -0.138. The molecule has 2 rings (SSSR count). The maximum atomic E-state index is 12.6. The third kappa shape index (κ3) is 3.62. The van der Waals surface area contributed by atoms with Gasteiger partial charge in [0, 0.05) is 12.0 Å². The van der Waals surface area contributed by atoms with E-state index in [1.165, 1.54) is 13.4 Å².